The molecular weight excluding hydrogens is 251 g/mol. The quantitative estimate of drug-likeness (QED) is 0.927. The smallest absolute Gasteiger partial charge is 0.123 e. The molecule has 3 heteroatoms. The van der Waals surface area contributed by atoms with Crippen LogP contribution in [0.4, 0.5) is 10.1 Å². The molecule has 1 aliphatic heterocycles. The highest BCUT2D eigenvalue weighted by molar-refractivity contribution is 5.59. The summed E-state index contributed by atoms with van der Waals surface area (Å²) in [7, 11) is 0. The van der Waals surface area contributed by atoms with Crippen LogP contribution in [0.25, 0.3) is 0 Å². The summed E-state index contributed by atoms with van der Waals surface area (Å²) in [6.45, 7) is 3.31. The fraction of sp³-hybridized carbons (Fsp3) is 0.294. The maximum Gasteiger partial charge on any atom is 0.123 e. The van der Waals surface area contributed by atoms with Crippen molar-refractivity contribution in [2.24, 2.45) is 5.73 Å². The third kappa shape index (κ3) is 2.41. The van der Waals surface area contributed by atoms with Gasteiger partial charge in [-0.1, -0.05) is 24.3 Å². The van der Waals surface area contributed by atoms with Crippen molar-refractivity contribution in [1.82, 2.24) is 0 Å². The molecule has 0 spiro atoms. The molecule has 2 aromatic rings. The maximum atomic E-state index is 13.6. The van der Waals surface area contributed by atoms with Gasteiger partial charge in [0.25, 0.3) is 0 Å². The summed E-state index contributed by atoms with van der Waals surface area (Å²) in [6.07, 6.45) is 1.05. The first kappa shape index (κ1) is 13.1. The van der Waals surface area contributed by atoms with E-state index in [9.17, 15) is 4.39 Å². The van der Waals surface area contributed by atoms with E-state index in [2.05, 4.69) is 36.1 Å². The van der Waals surface area contributed by atoms with E-state index in [4.69, 9.17) is 5.73 Å². The van der Waals surface area contributed by atoms with E-state index in [1.807, 2.05) is 6.07 Å². The van der Waals surface area contributed by atoms with Crippen LogP contribution in [0.3, 0.4) is 0 Å². The number of halogens is 1. The molecule has 0 radical (unpaired) electrons. The van der Waals surface area contributed by atoms with Crippen molar-refractivity contribution in [2.75, 3.05) is 4.90 Å². The molecule has 3 rings (SSSR count). The molecule has 1 unspecified atom stereocenters. The predicted octanol–water partition coefficient (Wildman–Crippen LogP) is 3.24. The van der Waals surface area contributed by atoms with Crippen molar-refractivity contribution in [2.45, 2.75) is 32.5 Å². The summed E-state index contributed by atoms with van der Waals surface area (Å²) >= 11 is 0. The highest BCUT2D eigenvalue weighted by Gasteiger charge is 2.25. The van der Waals surface area contributed by atoms with E-state index in [1.165, 1.54) is 17.3 Å². The van der Waals surface area contributed by atoms with Gasteiger partial charge < -0.3 is 10.6 Å². The molecule has 0 aromatic heterocycles. The molecule has 20 heavy (non-hydrogen) atoms. The largest absolute Gasteiger partial charge is 0.364 e. The molecule has 0 fully saturated rings. The fourth-order valence-electron chi connectivity index (χ4n) is 2.99. The number of fused-ring (bicyclic) bond motifs is 1. The summed E-state index contributed by atoms with van der Waals surface area (Å²) in [6, 6.07) is 14.0. The average molecular weight is 270 g/mol. The van der Waals surface area contributed by atoms with Crippen molar-refractivity contribution in [1.29, 1.82) is 0 Å². The Balaban J connectivity index is 1.90. The molecule has 0 bridgehead atoms. The Bertz CT molecular complexity index is 624. The summed E-state index contributed by atoms with van der Waals surface area (Å²) < 4.78 is 13.6. The molecule has 1 atom stereocenters. The minimum Gasteiger partial charge on any atom is -0.364 e. The number of hydrogen-bond acceptors (Lipinski definition) is 2. The van der Waals surface area contributed by atoms with Crippen LogP contribution >= 0.6 is 0 Å². The SMILES string of the molecule is CC1Cc2ccccc2N1Cc1cc(F)cc(CN)c1. The second-order valence-corrected chi connectivity index (χ2v) is 5.48. The second kappa shape index (κ2) is 5.25. The van der Waals surface area contributed by atoms with Crippen LogP contribution in [0.1, 0.15) is 23.6 Å². The first-order chi connectivity index (χ1) is 9.67. The average Bonchev–Trinajstić information content (AvgIpc) is 2.75. The number of nitrogens with two attached hydrogens (primary N) is 1. The van der Waals surface area contributed by atoms with Crippen LogP contribution in [0.5, 0.6) is 0 Å². The lowest BCUT2D eigenvalue weighted by Gasteiger charge is -2.25. The van der Waals surface area contributed by atoms with Crippen LogP contribution in [0.2, 0.25) is 0 Å². The third-order valence-electron chi connectivity index (χ3n) is 3.95. The lowest BCUT2D eigenvalue weighted by molar-refractivity contribution is 0.618. The van der Waals surface area contributed by atoms with Crippen molar-refractivity contribution in [3.05, 3.63) is 65.0 Å². The van der Waals surface area contributed by atoms with Gasteiger partial charge in [-0.15, -0.1) is 0 Å². The van der Waals surface area contributed by atoms with Crippen molar-refractivity contribution in [3.63, 3.8) is 0 Å². The Hall–Kier alpha value is -1.87. The van der Waals surface area contributed by atoms with Gasteiger partial charge in [-0.05, 0) is 48.2 Å². The van der Waals surface area contributed by atoms with Crippen LogP contribution in [-0.4, -0.2) is 6.04 Å². The minimum absolute atomic E-state index is 0.205. The van der Waals surface area contributed by atoms with E-state index in [0.717, 1.165) is 24.1 Å². The molecule has 0 aliphatic carbocycles. The normalized spacial score (nSPS) is 17.4. The molecule has 0 saturated carbocycles. The van der Waals surface area contributed by atoms with Gasteiger partial charge in [-0.25, -0.2) is 4.39 Å². The highest BCUT2D eigenvalue weighted by Crippen LogP contribution is 2.33. The Kier molecular flexibility index (Phi) is 3.45. The third-order valence-corrected chi connectivity index (χ3v) is 3.95. The van der Waals surface area contributed by atoms with E-state index < -0.39 is 0 Å². The van der Waals surface area contributed by atoms with Gasteiger partial charge in [0.2, 0.25) is 0 Å². The first-order valence-corrected chi connectivity index (χ1v) is 7.00. The lowest BCUT2D eigenvalue weighted by atomic mass is 10.1. The first-order valence-electron chi connectivity index (χ1n) is 7.00. The van der Waals surface area contributed by atoms with Crippen LogP contribution < -0.4 is 10.6 Å². The van der Waals surface area contributed by atoms with Gasteiger partial charge in [-0.3, -0.25) is 0 Å². The van der Waals surface area contributed by atoms with Gasteiger partial charge in [0.1, 0.15) is 5.82 Å². The van der Waals surface area contributed by atoms with Gasteiger partial charge in [0.05, 0.1) is 0 Å². The summed E-state index contributed by atoms with van der Waals surface area (Å²) in [4.78, 5) is 2.34. The molecule has 104 valence electrons. The Morgan fingerprint density at radius 2 is 1.95 bits per heavy atom. The standard InChI is InChI=1S/C17H19FN2/c1-12-6-15-4-2-3-5-17(15)20(12)11-14-7-13(10-19)8-16(18)9-14/h2-5,7-9,12H,6,10-11,19H2,1H3. The highest BCUT2D eigenvalue weighted by atomic mass is 19.1. The molecule has 0 amide bonds. The number of rotatable bonds is 3. The molecular formula is C17H19FN2. The molecule has 0 saturated heterocycles. The predicted molar refractivity (Wildman–Crippen MR) is 80.1 cm³/mol. The number of benzene rings is 2. The topological polar surface area (TPSA) is 29.3 Å². The number of anilines is 1. The van der Waals surface area contributed by atoms with E-state index >= 15 is 0 Å². The van der Waals surface area contributed by atoms with Crippen molar-refractivity contribution in [3.8, 4) is 0 Å². The van der Waals surface area contributed by atoms with E-state index in [0.29, 0.717) is 12.6 Å². The molecule has 2 aromatic carbocycles. The Labute approximate surface area is 119 Å². The summed E-state index contributed by atoms with van der Waals surface area (Å²) in [5, 5.41) is 0. The number of hydrogen-bond donors (Lipinski definition) is 1. The monoisotopic (exact) mass is 270 g/mol. The number of nitrogens with zero attached hydrogens (tertiary/aromatic N) is 1. The Morgan fingerprint density at radius 3 is 2.75 bits per heavy atom. The van der Waals surface area contributed by atoms with E-state index in [-0.39, 0.29) is 5.82 Å². The fourth-order valence-corrected chi connectivity index (χ4v) is 2.99. The van der Waals surface area contributed by atoms with Crippen LogP contribution in [0, 0.1) is 5.82 Å². The van der Waals surface area contributed by atoms with Gasteiger partial charge in [0, 0.05) is 24.8 Å². The van der Waals surface area contributed by atoms with Crippen LogP contribution in [-0.2, 0) is 19.5 Å². The minimum atomic E-state index is -0.205. The van der Waals surface area contributed by atoms with Gasteiger partial charge in [-0.2, -0.15) is 0 Å². The molecule has 1 heterocycles. The zero-order valence-electron chi connectivity index (χ0n) is 11.6. The zero-order chi connectivity index (χ0) is 14.1. The van der Waals surface area contributed by atoms with Gasteiger partial charge >= 0.3 is 0 Å². The van der Waals surface area contributed by atoms with Crippen molar-refractivity contribution < 1.29 is 4.39 Å². The molecule has 1 aliphatic rings. The van der Waals surface area contributed by atoms with E-state index in [1.54, 1.807) is 6.07 Å². The second-order valence-electron chi connectivity index (χ2n) is 5.48. The number of para-hydroxylation sites is 1. The summed E-state index contributed by atoms with van der Waals surface area (Å²) in [5.74, 6) is -0.205. The maximum absolute atomic E-state index is 13.6. The van der Waals surface area contributed by atoms with Gasteiger partial charge in [0.15, 0.2) is 0 Å². The molecule has 2 N–H and O–H groups in total. The lowest BCUT2D eigenvalue weighted by Crippen LogP contribution is -2.28. The molecule has 2 nitrogen and oxygen atoms in total. The summed E-state index contributed by atoms with van der Waals surface area (Å²) in [5.41, 5.74) is 10.1. The zero-order valence-corrected chi connectivity index (χ0v) is 11.6. The van der Waals surface area contributed by atoms with Crippen molar-refractivity contribution >= 4 is 5.69 Å². The van der Waals surface area contributed by atoms with Crippen LogP contribution in [0.15, 0.2) is 42.5 Å². The Morgan fingerprint density at radius 1 is 1.20 bits per heavy atom.